The molecule has 142 valence electrons. The Morgan fingerprint density at radius 3 is 2.67 bits per heavy atom. The van der Waals surface area contributed by atoms with Crippen molar-refractivity contribution >= 4 is 23.3 Å². The van der Waals surface area contributed by atoms with Gasteiger partial charge in [0.15, 0.2) is 0 Å². The van der Waals surface area contributed by atoms with Crippen molar-refractivity contribution in [3.05, 3.63) is 45.9 Å². The van der Waals surface area contributed by atoms with E-state index in [1.807, 2.05) is 39.1 Å². The van der Waals surface area contributed by atoms with E-state index in [0.29, 0.717) is 17.5 Å². The van der Waals surface area contributed by atoms with Crippen LogP contribution < -0.4 is 9.64 Å². The molecule has 4 rings (SSSR count). The van der Waals surface area contributed by atoms with Crippen molar-refractivity contribution in [1.82, 2.24) is 14.9 Å². The summed E-state index contributed by atoms with van der Waals surface area (Å²) >= 11 is 6.21. The first kappa shape index (κ1) is 18.0. The predicted octanol–water partition coefficient (Wildman–Crippen LogP) is 3.38. The van der Waals surface area contributed by atoms with Crippen molar-refractivity contribution in [3.63, 3.8) is 0 Å². The molecule has 0 spiro atoms. The molecule has 7 heteroatoms. The Morgan fingerprint density at radius 2 is 1.93 bits per heavy atom. The van der Waals surface area contributed by atoms with Gasteiger partial charge in [0.2, 0.25) is 0 Å². The highest BCUT2D eigenvalue weighted by atomic mass is 35.5. The number of aromatic nitrogens is 2. The van der Waals surface area contributed by atoms with Crippen LogP contribution in [0.5, 0.6) is 5.75 Å². The second kappa shape index (κ2) is 7.00. The fourth-order valence-corrected chi connectivity index (χ4v) is 3.97. The highest BCUT2D eigenvalue weighted by Gasteiger charge is 2.27. The van der Waals surface area contributed by atoms with E-state index < -0.39 is 0 Å². The van der Waals surface area contributed by atoms with Crippen LogP contribution in [0.15, 0.2) is 18.2 Å². The predicted molar refractivity (Wildman–Crippen MR) is 105 cm³/mol. The lowest BCUT2D eigenvalue weighted by atomic mass is 10.1. The van der Waals surface area contributed by atoms with Gasteiger partial charge in [-0.2, -0.15) is 0 Å². The van der Waals surface area contributed by atoms with Crippen LogP contribution in [-0.2, 0) is 6.54 Å². The molecule has 1 aromatic carbocycles. The lowest BCUT2D eigenvalue weighted by Gasteiger charge is -2.33. The maximum atomic E-state index is 12.2. The molecule has 2 aliphatic rings. The number of anilines is 1. The van der Waals surface area contributed by atoms with Crippen LogP contribution >= 0.6 is 11.6 Å². The third-order valence-corrected chi connectivity index (χ3v) is 5.65. The van der Waals surface area contributed by atoms with Crippen LogP contribution in [0.2, 0.25) is 5.15 Å². The number of amides is 1. The van der Waals surface area contributed by atoms with E-state index in [9.17, 15) is 4.79 Å². The molecule has 0 unspecified atom stereocenters. The summed E-state index contributed by atoms with van der Waals surface area (Å²) in [5.41, 5.74) is 2.74. The number of carbonyl (C=O) groups excluding carboxylic acids is 1. The van der Waals surface area contributed by atoms with E-state index >= 15 is 0 Å². The Balaban J connectivity index is 1.42. The molecule has 2 aliphatic heterocycles. The van der Waals surface area contributed by atoms with E-state index in [0.717, 1.165) is 54.2 Å². The Bertz CT molecular complexity index is 894. The number of hydrogen-bond donors (Lipinski definition) is 0. The van der Waals surface area contributed by atoms with Crippen LogP contribution in [0, 0.1) is 13.8 Å². The molecule has 6 nitrogen and oxygen atoms in total. The van der Waals surface area contributed by atoms with Crippen LogP contribution in [0.4, 0.5) is 5.82 Å². The van der Waals surface area contributed by atoms with Crippen molar-refractivity contribution in [2.24, 2.45) is 0 Å². The van der Waals surface area contributed by atoms with Crippen LogP contribution in [0.25, 0.3) is 0 Å². The molecule has 0 radical (unpaired) electrons. The molecule has 1 amide bonds. The van der Waals surface area contributed by atoms with Gasteiger partial charge in [-0.3, -0.25) is 4.79 Å². The molecule has 1 aromatic heterocycles. The first-order valence-electron chi connectivity index (χ1n) is 9.23. The maximum absolute atomic E-state index is 12.2. The molecule has 0 saturated carbocycles. The Kier molecular flexibility index (Phi) is 4.68. The zero-order valence-electron chi connectivity index (χ0n) is 15.8. The van der Waals surface area contributed by atoms with Crippen LogP contribution in [-0.4, -0.2) is 47.0 Å². The Morgan fingerprint density at radius 1 is 1.19 bits per heavy atom. The van der Waals surface area contributed by atoms with Crippen molar-refractivity contribution in [1.29, 1.82) is 0 Å². The molecule has 2 aromatic rings. The van der Waals surface area contributed by atoms with Crippen molar-refractivity contribution in [2.45, 2.75) is 39.3 Å². The Hall–Kier alpha value is -2.34. The van der Waals surface area contributed by atoms with Gasteiger partial charge in [0.25, 0.3) is 5.91 Å². The van der Waals surface area contributed by atoms with Gasteiger partial charge in [-0.05, 0) is 31.5 Å². The summed E-state index contributed by atoms with van der Waals surface area (Å²) in [6, 6.07) is 5.84. The van der Waals surface area contributed by atoms with Gasteiger partial charge in [-0.1, -0.05) is 17.7 Å². The fourth-order valence-electron chi connectivity index (χ4n) is 3.76. The lowest BCUT2D eigenvalue weighted by molar-refractivity contribution is 0.0816. The number of ether oxygens (including phenoxy) is 1. The van der Waals surface area contributed by atoms with Gasteiger partial charge in [0, 0.05) is 50.7 Å². The average molecular weight is 387 g/mol. The maximum Gasteiger partial charge on any atom is 0.254 e. The number of piperidine rings is 1. The van der Waals surface area contributed by atoms with Crippen LogP contribution in [0.3, 0.4) is 0 Å². The third-order valence-electron chi connectivity index (χ3n) is 5.28. The number of fused-ring (bicyclic) bond motifs is 1. The number of halogens is 1. The second-order valence-electron chi connectivity index (χ2n) is 7.29. The van der Waals surface area contributed by atoms with Gasteiger partial charge in [0.1, 0.15) is 28.6 Å². The van der Waals surface area contributed by atoms with Crippen molar-refractivity contribution < 1.29 is 9.53 Å². The molecule has 0 N–H and O–H groups in total. The molecule has 0 aliphatic carbocycles. The highest BCUT2D eigenvalue weighted by Crippen LogP contribution is 2.29. The lowest BCUT2D eigenvalue weighted by Crippen LogP contribution is -2.39. The second-order valence-corrected chi connectivity index (χ2v) is 7.65. The first-order chi connectivity index (χ1) is 12.9. The van der Waals surface area contributed by atoms with E-state index in [1.54, 1.807) is 4.90 Å². The summed E-state index contributed by atoms with van der Waals surface area (Å²) in [6.07, 6.45) is 1.92. The zero-order chi connectivity index (χ0) is 19.1. The highest BCUT2D eigenvalue weighted by molar-refractivity contribution is 6.30. The minimum Gasteiger partial charge on any atom is -0.490 e. The topological polar surface area (TPSA) is 58.6 Å². The number of hydrogen-bond acceptors (Lipinski definition) is 5. The number of nitrogens with zero attached hydrogens (tertiary/aromatic N) is 4. The number of rotatable bonds is 3. The summed E-state index contributed by atoms with van der Waals surface area (Å²) in [6.45, 7) is 6.19. The zero-order valence-corrected chi connectivity index (χ0v) is 16.6. The quantitative estimate of drug-likeness (QED) is 0.757. The monoisotopic (exact) mass is 386 g/mol. The summed E-state index contributed by atoms with van der Waals surface area (Å²) in [5.74, 6) is 2.44. The molecule has 0 atom stereocenters. The van der Waals surface area contributed by atoms with Gasteiger partial charge >= 0.3 is 0 Å². The Labute approximate surface area is 164 Å². The molecule has 3 heterocycles. The summed E-state index contributed by atoms with van der Waals surface area (Å²) in [5, 5.41) is 0.517. The molecule has 1 saturated heterocycles. The SMILES string of the molecule is Cc1nc(Cl)c(C)c(N2CCC(Oc3ccc4c(c3)C(=O)N(C)C4)CC2)n1. The molecule has 1 fully saturated rings. The van der Waals surface area contributed by atoms with Gasteiger partial charge < -0.3 is 14.5 Å². The number of carbonyl (C=O) groups is 1. The number of benzene rings is 1. The third kappa shape index (κ3) is 3.46. The van der Waals surface area contributed by atoms with Crippen molar-refractivity contribution in [2.75, 3.05) is 25.0 Å². The smallest absolute Gasteiger partial charge is 0.254 e. The van der Waals surface area contributed by atoms with E-state index in [4.69, 9.17) is 16.3 Å². The summed E-state index contributed by atoms with van der Waals surface area (Å²) < 4.78 is 6.17. The largest absolute Gasteiger partial charge is 0.490 e. The minimum absolute atomic E-state index is 0.0664. The molecule has 27 heavy (non-hydrogen) atoms. The first-order valence-corrected chi connectivity index (χ1v) is 9.61. The van der Waals surface area contributed by atoms with Gasteiger partial charge in [0.05, 0.1) is 0 Å². The summed E-state index contributed by atoms with van der Waals surface area (Å²) in [7, 11) is 1.82. The fraction of sp³-hybridized carbons (Fsp3) is 0.450. The number of aryl methyl sites for hydroxylation is 1. The average Bonchev–Trinajstić information content (AvgIpc) is 2.93. The molecular weight excluding hydrogens is 364 g/mol. The van der Waals surface area contributed by atoms with Gasteiger partial charge in [-0.15, -0.1) is 0 Å². The van der Waals surface area contributed by atoms with Crippen LogP contribution in [0.1, 0.15) is 40.2 Å². The van der Waals surface area contributed by atoms with Crippen molar-refractivity contribution in [3.8, 4) is 5.75 Å². The minimum atomic E-state index is 0.0664. The van der Waals surface area contributed by atoms with Gasteiger partial charge in [-0.25, -0.2) is 9.97 Å². The normalized spacial score (nSPS) is 17.4. The van der Waals surface area contributed by atoms with E-state index in [-0.39, 0.29) is 12.0 Å². The standard InChI is InChI=1S/C20H23ClN4O2/c1-12-18(21)22-13(2)23-19(12)25-8-6-15(7-9-25)27-16-5-4-14-11-24(3)20(26)17(14)10-16/h4-5,10,15H,6-9,11H2,1-3H3. The van der Waals surface area contributed by atoms with E-state index in [1.165, 1.54) is 0 Å². The molecule has 0 bridgehead atoms. The summed E-state index contributed by atoms with van der Waals surface area (Å²) in [4.78, 5) is 24.9. The van der Waals surface area contributed by atoms with E-state index in [2.05, 4.69) is 14.9 Å². The molecular formula is C20H23ClN4O2.